The molecular weight excluding hydrogens is 384 g/mol. The van der Waals surface area contributed by atoms with E-state index in [4.69, 9.17) is 4.74 Å². The average molecular weight is 410 g/mol. The normalized spacial score (nSPS) is 12.0. The van der Waals surface area contributed by atoms with Gasteiger partial charge in [0.05, 0.1) is 7.11 Å². The summed E-state index contributed by atoms with van der Waals surface area (Å²) in [6.07, 6.45) is 3.28. The average Bonchev–Trinajstić information content (AvgIpc) is 2.76. The fourth-order valence-corrected chi connectivity index (χ4v) is 2.71. The highest BCUT2D eigenvalue weighted by molar-refractivity contribution is 6.06. The molecule has 7 nitrogen and oxygen atoms in total. The van der Waals surface area contributed by atoms with Crippen LogP contribution in [-0.2, 0) is 9.59 Å². The third kappa shape index (κ3) is 6.77. The van der Waals surface area contributed by atoms with Crippen molar-refractivity contribution in [2.45, 2.75) is 32.2 Å². The fourth-order valence-electron chi connectivity index (χ4n) is 2.71. The van der Waals surface area contributed by atoms with Gasteiger partial charge in [0.2, 0.25) is 0 Å². The van der Waals surface area contributed by atoms with Crippen molar-refractivity contribution in [2.75, 3.05) is 7.11 Å². The Labute approximate surface area is 175 Å². The molecule has 7 heteroatoms. The standard InChI is InChI=1S/C23H26N2O5/c1-3-4-10-19(23(28)29)24-22(27)20(15-16-8-6-5-7-9-16)25-21(26)17-11-13-18(30-2)14-12-17/h5-9,11-15,19H,3-4,10H2,1-2H3,(H,24,27)(H,25,26)(H,28,29). The minimum absolute atomic E-state index is 0.0373. The van der Waals surface area contributed by atoms with Crippen LogP contribution in [0.1, 0.15) is 42.1 Å². The summed E-state index contributed by atoms with van der Waals surface area (Å²) in [4.78, 5) is 37.0. The lowest BCUT2D eigenvalue weighted by atomic mass is 10.1. The summed E-state index contributed by atoms with van der Waals surface area (Å²) in [5, 5.41) is 14.5. The maximum absolute atomic E-state index is 12.8. The Morgan fingerprint density at radius 3 is 2.30 bits per heavy atom. The van der Waals surface area contributed by atoms with Crippen LogP contribution in [0.25, 0.3) is 6.08 Å². The third-order valence-corrected chi connectivity index (χ3v) is 4.41. The Morgan fingerprint density at radius 2 is 1.73 bits per heavy atom. The van der Waals surface area contributed by atoms with Crippen LogP contribution in [0.5, 0.6) is 5.75 Å². The van der Waals surface area contributed by atoms with Crippen molar-refractivity contribution in [1.29, 1.82) is 0 Å². The van der Waals surface area contributed by atoms with Gasteiger partial charge >= 0.3 is 5.97 Å². The molecule has 0 fully saturated rings. The highest BCUT2D eigenvalue weighted by atomic mass is 16.5. The smallest absolute Gasteiger partial charge is 0.326 e. The predicted molar refractivity (Wildman–Crippen MR) is 114 cm³/mol. The summed E-state index contributed by atoms with van der Waals surface area (Å²) in [5.74, 6) is -1.67. The maximum Gasteiger partial charge on any atom is 0.326 e. The number of aliphatic carboxylic acids is 1. The lowest BCUT2D eigenvalue weighted by molar-refractivity contribution is -0.141. The van der Waals surface area contributed by atoms with Crippen molar-refractivity contribution >= 4 is 23.9 Å². The van der Waals surface area contributed by atoms with Crippen molar-refractivity contribution < 1.29 is 24.2 Å². The zero-order valence-corrected chi connectivity index (χ0v) is 17.1. The molecule has 2 aromatic carbocycles. The van der Waals surface area contributed by atoms with E-state index >= 15 is 0 Å². The van der Waals surface area contributed by atoms with Gasteiger partial charge in [-0.05, 0) is 42.3 Å². The summed E-state index contributed by atoms with van der Waals surface area (Å²) < 4.78 is 5.08. The second-order valence-corrected chi connectivity index (χ2v) is 6.66. The third-order valence-electron chi connectivity index (χ3n) is 4.41. The lowest BCUT2D eigenvalue weighted by Crippen LogP contribution is -2.44. The first kappa shape index (κ1) is 22.7. The summed E-state index contributed by atoms with van der Waals surface area (Å²) in [6, 6.07) is 14.4. The molecule has 2 aromatic rings. The van der Waals surface area contributed by atoms with E-state index < -0.39 is 23.8 Å². The maximum atomic E-state index is 12.8. The van der Waals surface area contributed by atoms with Crippen molar-refractivity contribution in [1.82, 2.24) is 10.6 Å². The van der Waals surface area contributed by atoms with Gasteiger partial charge in [-0.2, -0.15) is 0 Å². The van der Waals surface area contributed by atoms with Gasteiger partial charge in [0, 0.05) is 5.56 Å². The number of ether oxygens (including phenoxy) is 1. The van der Waals surface area contributed by atoms with Crippen molar-refractivity contribution in [2.24, 2.45) is 0 Å². The van der Waals surface area contributed by atoms with Crippen LogP contribution < -0.4 is 15.4 Å². The number of carbonyl (C=O) groups is 3. The van der Waals surface area contributed by atoms with Crippen LogP contribution in [0.2, 0.25) is 0 Å². The number of benzene rings is 2. The Balaban J connectivity index is 2.25. The zero-order chi connectivity index (χ0) is 21.9. The van der Waals surface area contributed by atoms with Crippen LogP contribution in [-0.4, -0.2) is 36.0 Å². The van der Waals surface area contributed by atoms with Gasteiger partial charge in [-0.3, -0.25) is 9.59 Å². The number of unbranched alkanes of at least 4 members (excludes halogenated alkanes) is 1. The molecule has 3 N–H and O–H groups in total. The molecule has 0 aliphatic carbocycles. The summed E-state index contributed by atoms with van der Waals surface area (Å²) >= 11 is 0. The molecule has 0 saturated carbocycles. The molecule has 0 heterocycles. The number of hydrogen-bond acceptors (Lipinski definition) is 4. The van der Waals surface area contributed by atoms with Crippen LogP contribution in [0.4, 0.5) is 0 Å². The van der Waals surface area contributed by atoms with Crippen LogP contribution in [0, 0.1) is 0 Å². The molecular formula is C23H26N2O5. The first-order chi connectivity index (χ1) is 14.4. The van der Waals surface area contributed by atoms with Gasteiger partial charge in [0.25, 0.3) is 11.8 Å². The molecule has 2 amide bonds. The molecule has 158 valence electrons. The number of carboxylic acid groups (broad SMARTS) is 1. The van der Waals surface area contributed by atoms with Crippen LogP contribution >= 0.6 is 0 Å². The van der Waals surface area contributed by atoms with E-state index in [9.17, 15) is 19.5 Å². The minimum Gasteiger partial charge on any atom is -0.497 e. The van der Waals surface area contributed by atoms with Gasteiger partial charge in [0.15, 0.2) is 0 Å². The number of hydrogen-bond donors (Lipinski definition) is 3. The second kappa shape index (κ2) is 11.4. The van der Waals surface area contributed by atoms with Gasteiger partial charge < -0.3 is 20.5 Å². The topological polar surface area (TPSA) is 105 Å². The van der Waals surface area contributed by atoms with E-state index in [1.165, 1.54) is 13.2 Å². The molecule has 0 saturated heterocycles. The van der Waals surface area contributed by atoms with Gasteiger partial charge in [-0.25, -0.2) is 4.79 Å². The van der Waals surface area contributed by atoms with Gasteiger partial charge in [-0.15, -0.1) is 0 Å². The number of carbonyl (C=O) groups excluding carboxylic acids is 2. The van der Waals surface area contributed by atoms with E-state index in [0.717, 1.165) is 6.42 Å². The Kier molecular flexibility index (Phi) is 8.62. The van der Waals surface area contributed by atoms with E-state index in [2.05, 4.69) is 10.6 Å². The fraction of sp³-hybridized carbons (Fsp3) is 0.261. The summed E-state index contributed by atoms with van der Waals surface area (Å²) in [7, 11) is 1.53. The first-order valence-electron chi connectivity index (χ1n) is 9.70. The summed E-state index contributed by atoms with van der Waals surface area (Å²) in [6.45, 7) is 1.94. The van der Waals surface area contributed by atoms with E-state index in [1.807, 2.05) is 13.0 Å². The molecule has 0 bridgehead atoms. The Bertz CT molecular complexity index is 892. The van der Waals surface area contributed by atoms with Crippen LogP contribution in [0.15, 0.2) is 60.3 Å². The minimum atomic E-state index is -1.11. The molecule has 1 unspecified atom stereocenters. The molecule has 2 rings (SSSR count). The van der Waals surface area contributed by atoms with E-state index in [0.29, 0.717) is 29.7 Å². The van der Waals surface area contributed by atoms with Gasteiger partial charge in [-0.1, -0.05) is 50.1 Å². The van der Waals surface area contributed by atoms with Crippen molar-refractivity contribution in [3.05, 3.63) is 71.4 Å². The van der Waals surface area contributed by atoms with Crippen molar-refractivity contribution in [3.8, 4) is 5.75 Å². The predicted octanol–water partition coefficient (Wildman–Crippen LogP) is 3.23. The van der Waals surface area contributed by atoms with Crippen LogP contribution in [0.3, 0.4) is 0 Å². The number of amides is 2. The highest BCUT2D eigenvalue weighted by Gasteiger charge is 2.22. The number of nitrogens with one attached hydrogen (secondary N) is 2. The molecule has 0 spiro atoms. The van der Waals surface area contributed by atoms with Crippen molar-refractivity contribution in [3.63, 3.8) is 0 Å². The van der Waals surface area contributed by atoms with Gasteiger partial charge in [0.1, 0.15) is 17.5 Å². The van der Waals surface area contributed by atoms with E-state index in [1.54, 1.807) is 48.5 Å². The highest BCUT2D eigenvalue weighted by Crippen LogP contribution is 2.13. The number of methoxy groups -OCH3 is 1. The lowest BCUT2D eigenvalue weighted by Gasteiger charge is -2.16. The number of rotatable bonds is 10. The largest absolute Gasteiger partial charge is 0.497 e. The SMILES string of the molecule is CCCCC(NC(=O)C(=Cc1ccccc1)NC(=O)c1ccc(OC)cc1)C(=O)O. The number of carboxylic acids is 1. The monoisotopic (exact) mass is 410 g/mol. The molecule has 0 radical (unpaired) electrons. The molecule has 1 atom stereocenters. The Hall–Kier alpha value is -3.61. The quantitative estimate of drug-likeness (QED) is 0.522. The molecule has 0 aliphatic rings. The second-order valence-electron chi connectivity index (χ2n) is 6.66. The molecule has 30 heavy (non-hydrogen) atoms. The Morgan fingerprint density at radius 1 is 1.07 bits per heavy atom. The summed E-state index contributed by atoms with van der Waals surface area (Å²) in [5.41, 5.74) is 0.992. The zero-order valence-electron chi connectivity index (χ0n) is 17.1. The first-order valence-corrected chi connectivity index (χ1v) is 9.70. The van der Waals surface area contributed by atoms with E-state index in [-0.39, 0.29) is 5.70 Å². The molecule has 0 aromatic heterocycles. The molecule has 0 aliphatic heterocycles.